The first-order chi connectivity index (χ1) is 10.7. The smallest absolute Gasteiger partial charge is 0.200 e. The van der Waals surface area contributed by atoms with Gasteiger partial charge >= 0.3 is 0 Å². The molecule has 0 spiro atoms. The van der Waals surface area contributed by atoms with Gasteiger partial charge in [-0.25, -0.2) is 0 Å². The minimum Gasteiger partial charge on any atom is -0.489 e. The SMILES string of the molecule is C=CCOc1ccc2c(=O)c(-c3ccccc3)c(C)oc2c1. The summed E-state index contributed by atoms with van der Waals surface area (Å²) in [4.78, 5) is 12.8. The van der Waals surface area contributed by atoms with Crippen molar-refractivity contribution in [2.45, 2.75) is 6.92 Å². The van der Waals surface area contributed by atoms with Crippen molar-refractivity contribution in [3.05, 3.63) is 77.2 Å². The summed E-state index contributed by atoms with van der Waals surface area (Å²) in [5.41, 5.74) is 1.97. The Hall–Kier alpha value is -2.81. The Morgan fingerprint density at radius 3 is 2.68 bits per heavy atom. The minimum atomic E-state index is -0.0276. The van der Waals surface area contributed by atoms with Gasteiger partial charge in [-0.15, -0.1) is 0 Å². The van der Waals surface area contributed by atoms with Crippen LogP contribution in [0.2, 0.25) is 0 Å². The second-order valence-electron chi connectivity index (χ2n) is 4.99. The van der Waals surface area contributed by atoms with Crippen LogP contribution in [-0.2, 0) is 0 Å². The quantitative estimate of drug-likeness (QED) is 0.672. The molecule has 3 rings (SSSR count). The van der Waals surface area contributed by atoms with Gasteiger partial charge in [-0.2, -0.15) is 0 Å². The zero-order chi connectivity index (χ0) is 15.5. The van der Waals surface area contributed by atoms with Gasteiger partial charge in [-0.1, -0.05) is 43.0 Å². The molecule has 3 aromatic rings. The summed E-state index contributed by atoms with van der Waals surface area (Å²) in [5, 5.41) is 0.551. The first-order valence-corrected chi connectivity index (χ1v) is 7.07. The third-order valence-electron chi connectivity index (χ3n) is 3.47. The average molecular weight is 292 g/mol. The lowest BCUT2D eigenvalue weighted by molar-refractivity contribution is 0.363. The van der Waals surface area contributed by atoms with Crippen LogP contribution in [0.15, 0.2) is 70.4 Å². The van der Waals surface area contributed by atoms with Crippen LogP contribution in [0.1, 0.15) is 5.76 Å². The van der Waals surface area contributed by atoms with Gasteiger partial charge in [0.15, 0.2) is 0 Å². The summed E-state index contributed by atoms with van der Waals surface area (Å²) in [6.45, 7) is 5.83. The molecule has 1 heterocycles. The van der Waals surface area contributed by atoms with Gasteiger partial charge in [0.1, 0.15) is 23.7 Å². The molecule has 22 heavy (non-hydrogen) atoms. The fourth-order valence-corrected chi connectivity index (χ4v) is 2.47. The van der Waals surface area contributed by atoms with Crippen molar-refractivity contribution in [2.24, 2.45) is 0 Å². The highest BCUT2D eigenvalue weighted by atomic mass is 16.5. The summed E-state index contributed by atoms with van der Waals surface area (Å²) in [7, 11) is 0. The van der Waals surface area contributed by atoms with Crippen molar-refractivity contribution < 1.29 is 9.15 Å². The molecule has 0 aliphatic heterocycles. The predicted octanol–water partition coefficient (Wildman–Crippen LogP) is 4.33. The summed E-state index contributed by atoms with van der Waals surface area (Å²) in [6, 6.07) is 14.8. The normalized spacial score (nSPS) is 10.6. The van der Waals surface area contributed by atoms with E-state index in [4.69, 9.17) is 9.15 Å². The molecule has 0 radical (unpaired) electrons. The van der Waals surface area contributed by atoms with Crippen LogP contribution >= 0.6 is 0 Å². The maximum absolute atomic E-state index is 12.8. The maximum Gasteiger partial charge on any atom is 0.200 e. The van der Waals surface area contributed by atoms with Crippen LogP contribution in [0, 0.1) is 6.92 Å². The first kappa shape index (κ1) is 14.1. The third kappa shape index (κ3) is 2.53. The number of aryl methyl sites for hydroxylation is 1. The van der Waals surface area contributed by atoms with Gasteiger partial charge in [0.25, 0.3) is 0 Å². The Labute approximate surface area is 128 Å². The molecule has 0 fully saturated rings. The van der Waals surface area contributed by atoms with E-state index in [1.165, 1.54) is 0 Å². The van der Waals surface area contributed by atoms with Crippen LogP contribution in [0.3, 0.4) is 0 Å². The van der Waals surface area contributed by atoms with Gasteiger partial charge in [-0.05, 0) is 24.6 Å². The Morgan fingerprint density at radius 2 is 1.95 bits per heavy atom. The molecular weight excluding hydrogens is 276 g/mol. The summed E-state index contributed by atoms with van der Waals surface area (Å²) in [6.07, 6.45) is 1.67. The van der Waals surface area contributed by atoms with E-state index in [0.29, 0.717) is 34.6 Å². The van der Waals surface area contributed by atoms with Gasteiger partial charge in [0.2, 0.25) is 5.43 Å². The molecule has 0 saturated heterocycles. The van der Waals surface area contributed by atoms with E-state index in [9.17, 15) is 4.79 Å². The fraction of sp³-hybridized carbons (Fsp3) is 0.105. The van der Waals surface area contributed by atoms with E-state index >= 15 is 0 Å². The summed E-state index contributed by atoms with van der Waals surface area (Å²) >= 11 is 0. The number of fused-ring (bicyclic) bond motifs is 1. The van der Waals surface area contributed by atoms with Crippen LogP contribution in [-0.4, -0.2) is 6.61 Å². The van der Waals surface area contributed by atoms with Crippen molar-refractivity contribution in [3.63, 3.8) is 0 Å². The average Bonchev–Trinajstić information content (AvgIpc) is 2.53. The maximum atomic E-state index is 12.8. The molecule has 2 aromatic carbocycles. The highest BCUT2D eigenvalue weighted by Crippen LogP contribution is 2.26. The molecule has 0 amide bonds. The lowest BCUT2D eigenvalue weighted by Crippen LogP contribution is -2.07. The van der Waals surface area contributed by atoms with E-state index in [1.54, 1.807) is 31.2 Å². The van der Waals surface area contributed by atoms with Crippen LogP contribution < -0.4 is 10.2 Å². The minimum absolute atomic E-state index is 0.0276. The Bertz CT molecular complexity index is 876. The number of benzene rings is 2. The largest absolute Gasteiger partial charge is 0.489 e. The van der Waals surface area contributed by atoms with Crippen molar-refractivity contribution in [1.82, 2.24) is 0 Å². The third-order valence-corrected chi connectivity index (χ3v) is 3.47. The molecule has 0 saturated carbocycles. The molecule has 0 unspecified atom stereocenters. The van der Waals surface area contributed by atoms with Crippen molar-refractivity contribution >= 4 is 11.0 Å². The molecule has 0 N–H and O–H groups in total. The Kier molecular flexibility index (Phi) is 3.79. The van der Waals surface area contributed by atoms with Crippen molar-refractivity contribution in [1.29, 1.82) is 0 Å². The first-order valence-electron chi connectivity index (χ1n) is 7.07. The van der Waals surface area contributed by atoms with Crippen LogP contribution in [0.5, 0.6) is 5.75 Å². The molecule has 0 atom stereocenters. The number of hydrogen-bond acceptors (Lipinski definition) is 3. The van der Waals surface area contributed by atoms with Gasteiger partial charge in [0, 0.05) is 6.07 Å². The Morgan fingerprint density at radius 1 is 1.18 bits per heavy atom. The highest BCUT2D eigenvalue weighted by molar-refractivity contribution is 5.83. The van der Waals surface area contributed by atoms with Gasteiger partial charge in [-0.3, -0.25) is 4.79 Å². The van der Waals surface area contributed by atoms with E-state index in [2.05, 4.69) is 6.58 Å². The summed E-state index contributed by atoms with van der Waals surface area (Å²) in [5.74, 6) is 1.26. The van der Waals surface area contributed by atoms with E-state index < -0.39 is 0 Å². The van der Waals surface area contributed by atoms with E-state index in [0.717, 1.165) is 5.56 Å². The van der Waals surface area contributed by atoms with E-state index in [-0.39, 0.29) is 5.43 Å². The standard InChI is InChI=1S/C19H16O3/c1-3-11-21-15-9-10-16-17(12-15)22-13(2)18(19(16)20)14-7-5-4-6-8-14/h3-10,12H,1,11H2,2H3. The molecular formula is C19H16O3. The number of rotatable bonds is 4. The molecule has 0 bridgehead atoms. The number of hydrogen-bond donors (Lipinski definition) is 0. The summed E-state index contributed by atoms with van der Waals surface area (Å²) < 4.78 is 11.3. The zero-order valence-electron chi connectivity index (χ0n) is 12.3. The van der Waals surface area contributed by atoms with Gasteiger partial charge < -0.3 is 9.15 Å². The molecule has 3 nitrogen and oxygen atoms in total. The van der Waals surface area contributed by atoms with Crippen LogP contribution in [0.4, 0.5) is 0 Å². The zero-order valence-corrected chi connectivity index (χ0v) is 12.3. The van der Waals surface area contributed by atoms with Crippen LogP contribution in [0.25, 0.3) is 22.1 Å². The number of ether oxygens (including phenoxy) is 1. The fourth-order valence-electron chi connectivity index (χ4n) is 2.47. The monoisotopic (exact) mass is 292 g/mol. The van der Waals surface area contributed by atoms with Gasteiger partial charge in [0.05, 0.1) is 10.9 Å². The predicted molar refractivity (Wildman–Crippen MR) is 88.3 cm³/mol. The second-order valence-corrected chi connectivity index (χ2v) is 4.99. The lowest BCUT2D eigenvalue weighted by Gasteiger charge is -2.08. The molecule has 0 aliphatic carbocycles. The topological polar surface area (TPSA) is 39.4 Å². The lowest BCUT2D eigenvalue weighted by atomic mass is 10.0. The van der Waals surface area contributed by atoms with Crippen molar-refractivity contribution in [2.75, 3.05) is 6.61 Å². The second kappa shape index (κ2) is 5.90. The van der Waals surface area contributed by atoms with Crippen molar-refractivity contribution in [3.8, 4) is 16.9 Å². The van der Waals surface area contributed by atoms with E-state index in [1.807, 2.05) is 30.3 Å². The Balaban J connectivity index is 2.18. The molecule has 1 aromatic heterocycles. The molecule has 0 aliphatic rings. The highest BCUT2D eigenvalue weighted by Gasteiger charge is 2.13. The molecule has 110 valence electrons. The molecule has 3 heteroatoms.